The van der Waals surface area contributed by atoms with Gasteiger partial charge in [0.05, 0.1) is 40.3 Å². The van der Waals surface area contributed by atoms with Crippen molar-refractivity contribution < 1.29 is 28.5 Å². The van der Waals surface area contributed by atoms with E-state index in [-0.39, 0.29) is 24.8 Å². The second-order valence-electron chi connectivity index (χ2n) is 5.17. The van der Waals surface area contributed by atoms with Crippen LogP contribution in [0.2, 0.25) is 0 Å². The van der Waals surface area contributed by atoms with Crippen LogP contribution >= 0.6 is 0 Å². The zero-order valence-corrected chi connectivity index (χ0v) is 15.4. The molecule has 0 aromatic heterocycles. The van der Waals surface area contributed by atoms with Gasteiger partial charge in [0.2, 0.25) is 0 Å². The van der Waals surface area contributed by atoms with E-state index in [1.807, 2.05) is 17.0 Å². The maximum Gasteiger partial charge on any atom is 0.307 e. The summed E-state index contributed by atoms with van der Waals surface area (Å²) in [7, 11) is 3.14. The predicted octanol–water partition coefficient (Wildman–Crippen LogP) is 2.42. The van der Waals surface area contributed by atoms with Crippen molar-refractivity contribution in [3.63, 3.8) is 0 Å². The third kappa shape index (κ3) is 7.32. The molecule has 0 radical (unpaired) electrons. The average molecular weight is 353 g/mol. The van der Waals surface area contributed by atoms with E-state index in [1.54, 1.807) is 34.1 Å². The van der Waals surface area contributed by atoms with E-state index in [0.29, 0.717) is 37.8 Å². The van der Waals surface area contributed by atoms with Gasteiger partial charge in [0, 0.05) is 37.0 Å². The average Bonchev–Trinajstić information content (AvgIpc) is 2.61. The molecule has 1 aromatic carbocycles. The van der Waals surface area contributed by atoms with Crippen LogP contribution in [0.15, 0.2) is 18.2 Å². The Morgan fingerprint density at radius 2 is 1.28 bits per heavy atom. The summed E-state index contributed by atoms with van der Waals surface area (Å²) >= 11 is 0. The minimum atomic E-state index is -0.279. The number of hydrogen-bond donors (Lipinski definition) is 0. The Morgan fingerprint density at radius 3 is 1.64 bits per heavy atom. The molecule has 7 heteroatoms. The highest BCUT2D eigenvalue weighted by Crippen LogP contribution is 2.28. The second kappa shape index (κ2) is 11.2. The number of benzene rings is 1. The van der Waals surface area contributed by atoms with E-state index in [9.17, 15) is 9.59 Å². The molecule has 0 unspecified atom stereocenters. The third-order valence-corrected chi connectivity index (χ3v) is 3.48. The minimum absolute atomic E-state index is 0.218. The zero-order valence-electron chi connectivity index (χ0n) is 15.4. The summed E-state index contributed by atoms with van der Waals surface area (Å²) in [4.78, 5) is 25.3. The summed E-state index contributed by atoms with van der Waals surface area (Å²) in [6, 6.07) is 5.43. The number of nitrogens with zero attached hydrogens (tertiary/aromatic N) is 1. The Hall–Kier alpha value is -2.44. The molecule has 0 fully saturated rings. The van der Waals surface area contributed by atoms with E-state index in [1.165, 1.54) is 0 Å². The fraction of sp³-hybridized carbons (Fsp3) is 0.556. The monoisotopic (exact) mass is 353 g/mol. The Balaban J connectivity index is 2.91. The number of anilines is 1. The maximum atomic E-state index is 11.7. The van der Waals surface area contributed by atoms with Crippen molar-refractivity contribution >= 4 is 17.6 Å². The Morgan fingerprint density at radius 1 is 0.840 bits per heavy atom. The van der Waals surface area contributed by atoms with Crippen LogP contribution in [0.25, 0.3) is 0 Å². The first-order valence-electron chi connectivity index (χ1n) is 8.33. The van der Waals surface area contributed by atoms with Gasteiger partial charge >= 0.3 is 11.9 Å². The van der Waals surface area contributed by atoms with Crippen LogP contribution in [-0.4, -0.2) is 52.5 Å². The SMILES string of the molecule is CCOC(=O)CCN(CCC(=O)OCC)c1cc(OC)cc(OC)c1. The van der Waals surface area contributed by atoms with Gasteiger partial charge in [-0.2, -0.15) is 0 Å². The van der Waals surface area contributed by atoms with Crippen LogP contribution < -0.4 is 14.4 Å². The first kappa shape index (κ1) is 20.6. The molecule has 140 valence electrons. The quantitative estimate of drug-likeness (QED) is 0.566. The summed E-state index contributed by atoms with van der Waals surface area (Å²) in [5.41, 5.74) is 0.796. The molecule has 0 saturated carbocycles. The van der Waals surface area contributed by atoms with Crippen molar-refractivity contribution in [2.45, 2.75) is 26.7 Å². The normalized spacial score (nSPS) is 10.1. The van der Waals surface area contributed by atoms with Crippen LogP contribution in [0.3, 0.4) is 0 Å². The van der Waals surface area contributed by atoms with Crippen molar-refractivity contribution in [1.29, 1.82) is 0 Å². The van der Waals surface area contributed by atoms with Gasteiger partial charge < -0.3 is 23.8 Å². The van der Waals surface area contributed by atoms with Crippen molar-refractivity contribution in [2.24, 2.45) is 0 Å². The number of methoxy groups -OCH3 is 2. The fourth-order valence-electron chi connectivity index (χ4n) is 2.26. The van der Waals surface area contributed by atoms with Gasteiger partial charge in [0.15, 0.2) is 0 Å². The summed E-state index contributed by atoms with van der Waals surface area (Å²) in [6.45, 7) is 5.04. The van der Waals surface area contributed by atoms with Crippen LogP contribution in [0.5, 0.6) is 11.5 Å². The van der Waals surface area contributed by atoms with E-state index >= 15 is 0 Å². The summed E-state index contributed by atoms with van der Waals surface area (Å²) in [5.74, 6) is 0.704. The van der Waals surface area contributed by atoms with Gasteiger partial charge in [-0.1, -0.05) is 0 Å². The van der Waals surface area contributed by atoms with Crippen LogP contribution in [-0.2, 0) is 19.1 Å². The van der Waals surface area contributed by atoms with Crippen molar-refractivity contribution in [3.8, 4) is 11.5 Å². The molecule has 0 N–H and O–H groups in total. The second-order valence-corrected chi connectivity index (χ2v) is 5.17. The minimum Gasteiger partial charge on any atom is -0.497 e. The standard InChI is InChI=1S/C18H27NO6/c1-5-24-17(20)7-9-19(10-8-18(21)25-6-2)14-11-15(22-3)13-16(12-14)23-4/h11-13H,5-10H2,1-4H3. The summed E-state index contributed by atoms with van der Waals surface area (Å²) in [5, 5.41) is 0. The van der Waals surface area contributed by atoms with Crippen LogP contribution in [0.4, 0.5) is 5.69 Å². The molecular weight excluding hydrogens is 326 g/mol. The first-order chi connectivity index (χ1) is 12.0. The smallest absolute Gasteiger partial charge is 0.307 e. The van der Waals surface area contributed by atoms with Gasteiger partial charge in [-0.25, -0.2) is 0 Å². The van der Waals surface area contributed by atoms with Gasteiger partial charge in [0.25, 0.3) is 0 Å². The Bertz CT molecular complexity index is 516. The topological polar surface area (TPSA) is 74.3 Å². The molecule has 1 aromatic rings. The molecule has 0 aliphatic carbocycles. The number of carbonyl (C=O) groups excluding carboxylic acids is 2. The summed E-state index contributed by atoms with van der Waals surface area (Å²) < 4.78 is 20.5. The molecular formula is C18H27NO6. The lowest BCUT2D eigenvalue weighted by atomic mass is 10.2. The molecule has 0 amide bonds. The molecule has 0 aliphatic heterocycles. The fourth-order valence-corrected chi connectivity index (χ4v) is 2.26. The number of hydrogen-bond acceptors (Lipinski definition) is 7. The number of ether oxygens (including phenoxy) is 4. The highest BCUT2D eigenvalue weighted by Gasteiger charge is 2.14. The van der Waals surface area contributed by atoms with Gasteiger partial charge in [0.1, 0.15) is 11.5 Å². The van der Waals surface area contributed by atoms with Crippen LogP contribution in [0.1, 0.15) is 26.7 Å². The van der Waals surface area contributed by atoms with Gasteiger partial charge in [-0.3, -0.25) is 9.59 Å². The van der Waals surface area contributed by atoms with E-state index in [2.05, 4.69) is 0 Å². The summed E-state index contributed by atoms with van der Waals surface area (Å²) in [6.07, 6.45) is 0.437. The van der Waals surface area contributed by atoms with Gasteiger partial charge in [-0.05, 0) is 13.8 Å². The van der Waals surface area contributed by atoms with E-state index < -0.39 is 0 Å². The van der Waals surface area contributed by atoms with Crippen molar-refractivity contribution in [1.82, 2.24) is 0 Å². The van der Waals surface area contributed by atoms with Crippen LogP contribution in [0, 0.1) is 0 Å². The van der Waals surface area contributed by atoms with Gasteiger partial charge in [-0.15, -0.1) is 0 Å². The molecule has 7 nitrogen and oxygen atoms in total. The molecule has 0 bridgehead atoms. The molecule has 25 heavy (non-hydrogen) atoms. The molecule has 0 spiro atoms. The maximum absolute atomic E-state index is 11.7. The number of rotatable bonds is 11. The Labute approximate surface area is 148 Å². The molecule has 1 rings (SSSR count). The zero-order chi connectivity index (χ0) is 18.7. The van der Waals surface area contributed by atoms with E-state index in [0.717, 1.165) is 5.69 Å². The highest BCUT2D eigenvalue weighted by atomic mass is 16.5. The number of esters is 2. The molecule has 0 saturated heterocycles. The lowest BCUT2D eigenvalue weighted by Gasteiger charge is -2.25. The predicted molar refractivity (Wildman–Crippen MR) is 94.3 cm³/mol. The molecule has 0 atom stereocenters. The Kier molecular flexibility index (Phi) is 9.21. The highest BCUT2D eigenvalue weighted by molar-refractivity contribution is 5.72. The third-order valence-electron chi connectivity index (χ3n) is 3.48. The molecule has 0 aliphatic rings. The number of carbonyl (C=O) groups is 2. The van der Waals surface area contributed by atoms with E-state index in [4.69, 9.17) is 18.9 Å². The lowest BCUT2D eigenvalue weighted by molar-refractivity contribution is -0.143. The van der Waals surface area contributed by atoms with Crippen molar-refractivity contribution in [2.75, 3.05) is 45.4 Å². The largest absolute Gasteiger partial charge is 0.497 e. The van der Waals surface area contributed by atoms with Crippen molar-refractivity contribution in [3.05, 3.63) is 18.2 Å². The molecule has 0 heterocycles. The lowest BCUT2D eigenvalue weighted by Crippen LogP contribution is -2.29. The first-order valence-corrected chi connectivity index (χ1v) is 8.33.